The Labute approximate surface area is 112 Å². The minimum absolute atomic E-state index is 0.197. The zero-order chi connectivity index (χ0) is 14.2. The molecule has 0 N–H and O–H groups in total. The summed E-state index contributed by atoms with van der Waals surface area (Å²) in [5, 5.41) is 1.04. The highest BCUT2D eigenvalue weighted by Gasteiger charge is 2.50. The smallest absolute Gasteiger partial charge is 0.265 e. The number of rotatable bonds is 4. The van der Waals surface area contributed by atoms with Crippen LogP contribution in [0.5, 0.6) is 0 Å². The summed E-state index contributed by atoms with van der Waals surface area (Å²) in [6, 6.07) is 5.90. The molecule has 2 rings (SSSR count). The minimum Gasteiger partial charge on any atom is -0.275 e. The Hall–Kier alpha value is -1.44. The van der Waals surface area contributed by atoms with Crippen molar-refractivity contribution in [3.63, 3.8) is 0 Å². The van der Waals surface area contributed by atoms with Crippen molar-refractivity contribution in [3.05, 3.63) is 29.8 Å². The van der Waals surface area contributed by atoms with Crippen molar-refractivity contribution in [2.75, 3.05) is 20.7 Å². The Morgan fingerprint density at radius 1 is 1.37 bits per heavy atom. The summed E-state index contributed by atoms with van der Waals surface area (Å²) >= 11 is 0. The number of likely N-dealkylation sites (N-methyl/N-ethyl adjacent to an activating group) is 1. The monoisotopic (exact) mass is 284 g/mol. The summed E-state index contributed by atoms with van der Waals surface area (Å²) in [6.45, 7) is 2.08. The third-order valence-electron chi connectivity index (χ3n) is 3.06. The predicted octanol–water partition coefficient (Wildman–Crippen LogP) is 0.388. The second-order valence-electron chi connectivity index (χ2n) is 4.42. The molecule has 0 saturated carbocycles. The number of amides is 1. The summed E-state index contributed by atoms with van der Waals surface area (Å²) in [7, 11) is -0.772. The van der Waals surface area contributed by atoms with Crippen molar-refractivity contribution in [2.45, 2.75) is 17.9 Å². The Balaban J connectivity index is 2.16. The molecule has 0 bridgehead atoms. The Morgan fingerprint density at radius 3 is 2.47 bits per heavy atom. The van der Waals surface area contributed by atoms with E-state index >= 15 is 0 Å². The van der Waals surface area contributed by atoms with E-state index in [2.05, 4.69) is 0 Å². The molecule has 1 aromatic carbocycles. The average molecular weight is 284 g/mol. The largest absolute Gasteiger partial charge is 0.275 e. The van der Waals surface area contributed by atoms with Crippen LogP contribution in [-0.2, 0) is 19.7 Å². The number of hydroxylamine groups is 2. The quantitative estimate of drug-likeness (QED) is 0.592. The van der Waals surface area contributed by atoms with Crippen molar-refractivity contribution in [3.8, 4) is 0 Å². The Kier molecular flexibility index (Phi) is 3.62. The molecular weight excluding hydrogens is 268 g/mol. The van der Waals surface area contributed by atoms with Gasteiger partial charge in [-0.3, -0.25) is 9.63 Å². The van der Waals surface area contributed by atoms with Crippen LogP contribution in [0.1, 0.15) is 5.56 Å². The van der Waals surface area contributed by atoms with Gasteiger partial charge in [-0.05, 0) is 19.1 Å². The average Bonchev–Trinajstić information content (AvgIpc) is 3.18. The van der Waals surface area contributed by atoms with Gasteiger partial charge in [0.15, 0.2) is 0 Å². The van der Waals surface area contributed by atoms with Crippen molar-refractivity contribution >= 4 is 15.9 Å². The molecule has 0 aromatic heterocycles. The molecule has 0 aliphatic carbocycles. The van der Waals surface area contributed by atoms with Gasteiger partial charge in [0.2, 0.25) is 10.0 Å². The molecule has 104 valence electrons. The van der Waals surface area contributed by atoms with E-state index in [0.717, 1.165) is 14.9 Å². The number of nitrogens with zero attached hydrogens (tertiary/aromatic N) is 2. The molecular formula is C12H16N2O4S. The maximum atomic E-state index is 12.2. The summed E-state index contributed by atoms with van der Waals surface area (Å²) in [6.07, 6.45) is 0. The number of hydrogen-bond acceptors (Lipinski definition) is 4. The molecule has 1 saturated heterocycles. The SMILES string of the molecule is CON(C)C(=O)[C@@H]1CN1S(=O)(=O)c1ccc(C)cc1. The van der Waals surface area contributed by atoms with Crippen LogP contribution in [0.4, 0.5) is 0 Å². The van der Waals surface area contributed by atoms with Gasteiger partial charge < -0.3 is 0 Å². The predicted molar refractivity (Wildman–Crippen MR) is 68.6 cm³/mol. The first-order valence-electron chi connectivity index (χ1n) is 5.78. The fraction of sp³-hybridized carbons (Fsp3) is 0.417. The third-order valence-corrected chi connectivity index (χ3v) is 4.95. The van der Waals surface area contributed by atoms with E-state index in [1.807, 2.05) is 6.92 Å². The van der Waals surface area contributed by atoms with Crippen LogP contribution in [-0.4, -0.2) is 50.4 Å². The van der Waals surface area contributed by atoms with Gasteiger partial charge in [-0.1, -0.05) is 17.7 Å². The summed E-state index contributed by atoms with van der Waals surface area (Å²) in [4.78, 5) is 16.7. The first-order chi connectivity index (χ1) is 8.87. The molecule has 1 aliphatic rings. The standard InChI is InChI=1S/C12H16N2O4S/c1-9-4-6-10(7-5-9)19(16,17)14-8-11(14)12(15)13(2)18-3/h4-7,11H,8H2,1-3H3/t11-,14?/m0/s1. The molecule has 1 fully saturated rings. The van der Waals surface area contributed by atoms with Gasteiger partial charge in [-0.25, -0.2) is 13.5 Å². The van der Waals surface area contributed by atoms with Crippen molar-refractivity contribution in [1.29, 1.82) is 0 Å². The first-order valence-corrected chi connectivity index (χ1v) is 7.22. The van der Waals surface area contributed by atoms with E-state index in [0.29, 0.717) is 0 Å². The molecule has 2 atom stereocenters. The molecule has 0 radical (unpaired) electrons. The second-order valence-corrected chi connectivity index (χ2v) is 6.31. The van der Waals surface area contributed by atoms with Gasteiger partial charge in [-0.2, -0.15) is 4.31 Å². The van der Waals surface area contributed by atoms with E-state index < -0.39 is 16.1 Å². The topological polar surface area (TPSA) is 66.7 Å². The molecule has 1 heterocycles. The molecule has 1 aliphatic heterocycles. The molecule has 19 heavy (non-hydrogen) atoms. The Bertz CT molecular complexity index is 582. The summed E-state index contributed by atoms with van der Waals surface area (Å²) < 4.78 is 25.7. The van der Waals surface area contributed by atoms with Crippen LogP contribution in [0.15, 0.2) is 29.2 Å². The fourth-order valence-corrected chi connectivity index (χ4v) is 3.25. The van der Waals surface area contributed by atoms with Crippen LogP contribution < -0.4 is 0 Å². The van der Waals surface area contributed by atoms with Gasteiger partial charge in [0, 0.05) is 13.6 Å². The molecule has 7 heteroatoms. The van der Waals surface area contributed by atoms with Crippen LogP contribution in [0.3, 0.4) is 0 Å². The highest BCUT2D eigenvalue weighted by molar-refractivity contribution is 7.89. The zero-order valence-electron chi connectivity index (χ0n) is 11.0. The van der Waals surface area contributed by atoms with Gasteiger partial charge in [0.25, 0.3) is 5.91 Å². The Morgan fingerprint density at radius 2 is 1.95 bits per heavy atom. The first kappa shape index (κ1) is 14.0. The lowest BCUT2D eigenvalue weighted by Gasteiger charge is -2.13. The van der Waals surface area contributed by atoms with Gasteiger partial charge in [-0.15, -0.1) is 0 Å². The zero-order valence-corrected chi connectivity index (χ0v) is 11.8. The van der Waals surface area contributed by atoms with Crippen LogP contribution in [0.2, 0.25) is 0 Å². The van der Waals surface area contributed by atoms with Crippen molar-refractivity contribution < 1.29 is 18.0 Å². The summed E-state index contributed by atoms with van der Waals surface area (Å²) in [5.41, 5.74) is 0.983. The lowest BCUT2D eigenvalue weighted by molar-refractivity contribution is -0.168. The van der Waals surface area contributed by atoms with Crippen LogP contribution in [0, 0.1) is 6.92 Å². The lowest BCUT2D eigenvalue weighted by atomic mass is 10.2. The highest BCUT2D eigenvalue weighted by Crippen LogP contribution is 2.29. The fourth-order valence-electron chi connectivity index (χ4n) is 1.74. The lowest BCUT2D eigenvalue weighted by Crippen LogP contribution is -2.32. The molecule has 1 aromatic rings. The van der Waals surface area contributed by atoms with Crippen LogP contribution >= 0.6 is 0 Å². The second kappa shape index (κ2) is 4.92. The van der Waals surface area contributed by atoms with Crippen LogP contribution in [0.25, 0.3) is 0 Å². The van der Waals surface area contributed by atoms with E-state index in [4.69, 9.17) is 4.84 Å². The number of aryl methyl sites for hydroxylation is 1. The maximum absolute atomic E-state index is 12.2. The number of benzene rings is 1. The van der Waals surface area contributed by atoms with E-state index in [9.17, 15) is 13.2 Å². The molecule has 1 amide bonds. The number of sulfonamides is 1. The molecule has 1 unspecified atom stereocenters. The highest BCUT2D eigenvalue weighted by atomic mass is 32.2. The van der Waals surface area contributed by atoms with Gasteiger partial charge >= 0.3 is 0 Å². The third kappa shape index (κ3) is 2.63. The number of carbonyl (C=O) groups excluding carboxylic acids is 1. The maximum Gasteiger partial charge on any atom is 0.265 e. The minimum atomic E-state index is -3.59. The van der Waals surface area contributed by atoms with E-state index in [1.54, 1.807) is 24.3 Å². The van der Waals surface area contributed by atoms with E-state index in [1.165, 1.54) is 14.2 Å². The number of carbonyl (C=O) groups is 1. The van der Waals surface area contributed by atoms with Gasteiger partial charge in [0.1, 0.15) is 6.04 Å². The van der Waals surface area contributed by atoms with Crippen molar-refractivity contribution in [1.82, 2.24) is 9.37 Å². The molecule has 0 spiro atoms. The normalized spacial score (nSPS) is 22.1. The molecule has 6 nitrogen and oxygen atoms in total. The summed E-state index contributed by atoms with van der Waals surface area (Å²) in [5.74, 6) is -0.363. The van der Waals surface area contributed by atoms with E-state index in [-0.39, 0.29) is 17.3 Å². The number of hydrogen-bond donors (Lipinski definition) is 0. The van der Waals surface area contributed by atoms with Crippen molar-refractivity contribution in [2.24, 2.45) is 0 Å². The van der Waals surface area contributed by atoms with Gasteiger partial charge in [0.05, 0.1) is 12.0 Å².